The van der Waals surface area contributed by atoms with Gasteiger partial charge in [-0.3, -0.25) is 0 Å². The Bertz CT molecular complexity index is 816. The highest BCUT2D eigenvalue weighted by Gasteiger charge is 2.25. The maximum atomic E-state index is 10.9. The van der Waals surface area contributed by atoms with Gasteiger partial charge in [0, 0.05) is 5.41 Å². The number of fused-ring (bicyclic) bond motifs is 1. The van der Waals surface area contributed by atoms with Crippen molar-refractivity contribution in [2.45, 2.75) is 20.8 Å². The molecule has 0 unspecified atom stereocenters. The van der Waals surface area contributed by atoms with Gasteiger partial charge >= 0.3 is 5.97 Å². The molecular weight excluding hydrogens is 316 g/mol. The number of rotatable bonds is 3. The first kappa shape index (κ1) is 17.1. The van der Waals surface area contributed by atoms with E-state index >= 15 is 0 Å². The number of carboxylic acids is 1. The van der Waals surface area contributed by atoms with Gasteiger partial charge in [0.25, 0.3) is 0 Å². The fraction of sp³-hybridized carbons (Fsp3) is 0.286. The molecule has 0 atom stereocenters. The van der Waals surface area contributed by atoms with E-state index in [1.54, 1.807) is 24.3 Å². The normalized spacial score (nSPS) is 16.2. The van der Waals surface area contributed by atoms with Gasteiger partial charge < -0.3 is 14.6 Å². The molecule has 0 fully saturated rings. The minimum absolute atomic E-state index is 0.0179. The standard InChI is InChI=1S/C21H22O4/c1-14(10-15-4-6-16(7-5-15)20(22)23)17-8-9-18-19(11-17)25-13-21(2,3)12-24-18/h4-11H,12-13H2,1-3H3,(H,22,23). The molecule has 0 aliphatic carbocycles. The molecule has 4 heteroatoms. The minimum atomic E-state index is -0.918. The van der Waals surface area contributed by atoms with Gasteiger partial charge in [-0.15, -0.1) is 0 Å². The van der Waals surface area contributed by atoms with Crippen molar-refractivity contribution in [1.82, 2.24) is 0 Å². The van der Waals surface area contributed by atoms with Gasteiger partial charge in [-0.1, -0.05) is 38.1 Å². The second-order valence-corrected chi connectivity index (χ2v) is 7.16. The van der Waals surface area contributed by atoms with E-state index in [-0.39, 0.29) is 11.0 Å². The van der Waals surface area contributed by atoms with Gasteiger partial charge in [-0.05, 0) is 47.9 Å². The summed E-state index contributed by atoms with van der Waals surface area (Å²) in [6.45, 7) is 7.50. The van der Waals surface area contributed by atoms with Crippen LogP contribution in [-0.4, -0.2) is 24.3 Å². The van der Waals surface area contributed by atoms with Crippen LogP contribution in [-0.2, 0) is 0 Å². The smallest absolute Gasteiger partial charge is 0.335 e. The molecule has 0 saturated carbocycles. The molecule has 25 heavy (non-hydrogen) atoms. The summed E-state index contributed by atoms with van der Waals surface area (Å²) < 4.78 is 11.8. The van der Waals surface area contributed by atoms with Crippen molar-refractivity contribution in [2.24, 2.45) is 5.41 Å². The molecule has 0 amide bonds. The van der Waals surface area contributed by atoms with E-state index in [1.807, 2.05) is 31.2 Å². The summed E-state index contributed by atoms with van der Waals surface area (Å²) in [4.78, 5) is 10.9. The number of allylic oxidation sites excluding steroid dienone is 1. The first-order valence-corrected chi connectivity index (χ1v) is 8.26. The molecule has 1 aliphatic rings. The number of carbonyl (C=O) groups is 1. The van der Waals surface area contributed by atoms with Crippen molar-refractivity contribution in [3.63, 3.8) is 0 Å². The third-order valence-electron chi connectivity index (χ3n) is 4.18. The van der Waals surface area contributed by atoms with Crippen LogP contribution in [0.5, 0.6) is 11.5 Å². The quantitative estimate of drug-likeness (QED) is 0.821. The Labute approximate surface area is 147 Å². The second kappa shape index (κ2) is 6.63. The van der Waals surface area contributed by atoms with Gasteiger partial charge in [0.15, 0.2) is 11.5 Å². The topological polar surface area (TPSA) is 55.8 Å². The lowest BCUT2D eigenvalue weighted by atomic mass is 9.97. The molecule has 4 nitrogen and oxygen atoms in total. The number of carboxylic acid groups (broad SMARTS) is 1. The third-order valence-corrected chi connectivity index (χ3v) is 4.18. The summed E-state index contributed by atoms with van der Waals surface area (Å²) in [7, 11) is 0. The highest BCUT2D eigenvalue weighted by molar-refractivity contribution is 5.88. The van der Waals surface area contributed by atoms with E-state index < -0.39 is 5.97 Å². The lowest BCUT2D eigenvalue weighted by molar-refractivity contribution is 0.0697. The molecule has 0 saturated heterocycles. The molecule has 3 rings (SSSR count). The van der Waals surface area contributed by atoms with Crippen LogP contribution >= 0.6 is 0 Å². The zero-order valence-corrected chi connectivity index (χ0v) is 14.7. The van der Waals surface area contributed by atoms with E-state index in [9.17, 15) is 4.79 Å². The van der Waals surface area contributed by atoms with Gasteiger partial charge in [0.2, 0.25) is 0 Å². The summed E-state index contributed by atoms with van der Waals surface area (Å²) in [5.74, 6) is 0.614. The molecule has 0 spiro atoms. The number of benzene rings is 2. The number of hydrogen-bond donors (Lipinski definition) is 1. The van der Waals surface area contributed by atoms with Gasteiger partial charge in [0.05, 0.1) is 18.8 Å². The molecular formula is C21H22O4. The molecule has 2 aromatic carbocycles. The Morgan fingerprint density at radius 2 is 1.60 bits per heavy atom. The summed E-state index contributed by atoms with van der Waals surface area (Å²) in [5, 5.41) is 8.97. The van der Waals surface area contributed by atoms with Gasteiger partial charge in [-0.2, -0.15) is 0 Å². The van der Waals surface area contributed by atoms with Crippen molar-refractivity contribution in [2.75, 3.05) is 13.2 Å². The Balaban J connectivity index is 1.84. The molecule has 130 valence electrons. The zero-order chi connectivity index (χ0) is 18.0. The van der Waals surface area contributed by atoms with Crippen LogP contribution in [0, 0.1) is 5.41 Å². The maximum absolute atomic E-state index is 10.9. The van der Waals surface area contributed by atoms with Crippen LogP contribution in [0.4, 0.5) is 0 Å². The fourth-order valence-corrected chi connectivity index (χ4v) is 2.63. The first-order valence-electron chi connectivity index (χ1n) is 8.26. The summed E-state index contributed by atoms with van der Waals surface area (Å²) in [6, 6.07) is 12.8. The lowest BCUT2D eigenvalue weighted by Crippen LogP contribution is -2.26. The number of aromatic carboxylic acids is 1. The predicted molar refractivity (Wildman–Crippen MR) is 98.2 cm³/mol. The Hall–Kier alpha value is -2.75. The second-order valence-electron chi connectivity index (χ2n) is 7.16. The highest BCUT2D eigenvalue weighted by atomic mass is 16.5. The monoisotopic (exact) mass is 338 g/mol. The average Bonchev–Trinajstić information content (AvgIpc) is 2.73. The van der Waals surface area contributed by atoms with Crippen LogP contribution in [0.2, 0.25) is 0 Å². The average molecular weight is 338 g/mol. The molecule has 1 heterocycles. The van der Waals surface area contributed by atoms with E-state index in [4.69, 9.17) is 14.6 Å². The molecule has 0 radical (unpaired) electrons. The van der Waals surface area contributed by atoms with Crippen LogP contribution in [0.25, 0.3) is 11.6 Å². The Kier molecular flexibility index (Phi) is 4.53. The molecule has 1 N–H and O–H groups in total. The van der Waals surface area contributed by atoms with Crippen LogP contribution < -0.4 is 9.47 Å². The predicted octanol–water partition coefficient (Wildman–Crippen LogP) is 4.74. The molecule has 0 bridgehead atoms. The minimum Gasteiger partial charge on any atom is -0.489 e. The number of ether oxygens (including phenoxy) is 2. The Morgan fingerprint density at radius 3 is 2.24 bits per heavy atom. The van der Waals surface area contributed by atoms with Crippen molar-refractivity contribution >= 4 is 17.6 Å². The van der Waals surface area contributed by atoms with Crippen LogP contribution in [0.1, 0.15) is 42.3 Å². The SMILES string of the molecule is CC(=Cc1ccc(C(=O)O)cc1)c1ccc2c(c1)OCC(C)(C)CO2. The van der Waals surface area contributed by atoms with E-state index in [1.165, 1.54) is 0 Å². The van der Waals surface area contributed by atoms with Crippen molar-refractivity contribution in [3.8, 4) is 11.5 Å². The molecule has 2 aromatic rings. The third kappa shape index (κ3) is 4.02. The Morgan fingerprint density at radius 1 is 1.00 bits per heavy atom. The summed E-state index contributed by atoms with van der Waals surface area (Å²) in [5.41, 5.74) is 3.33. The van der Waals surface area contributed by atoms with Crippen molar-refractivity contribution in [1.29, 1.82) is 0 Å². The highest BCUT2D eigenvalue weighted by Crippen LogP contribution is 2.36. The largest absolute Gasteiger partial charge is 0.489 e. The van der Waals surface area contributed by atoms with E-state index in [2.05, 4.69) is 13.8 Å². The molecule has 1 aliphatic heterocycles. The lowest BCUT2D eigenvalue weighted by Gasteiger charge is -2.19. The van der Waals surface area contributed by atoms with E-state index in [0.717, 1.165) is 28.2 Å². The van der Waals surface area contributed by atoms with Crippen molar-refractivity contribution < 1.29 is 19.4 Å². The molecule has 0 aromatic heterocycles. The van der Waals surface area contributed by atoms with Gasteiger partial charge in [0.1, 0.15) is 0 Å². The van der Waals surface area contributed by atoms with Crippen LogP contribution in [0.15, 0.2) is 42.5 Å². The number of hydrogen-bond acceptors (Lipinski definition) is 3. The maximum Gasteiger partial charge on any atom is 0.335 e. The fourth-order valence-electron chi connectivity index (χ4n) is 2.63. The van der Waals surface area contributed by atoms with Crippen LogP contribution in [0.3, 0.4) is 0 Å². The van der Waals surface area contributed by atoms with Crippen molar-refractivity contribution in [3.05, 3.63) is 59.2 Å². The summed E-state index contributed by atoms with van der Waals surface area (Å²) >= 11 is 0. The first-order chi connectivity index (χ1) is 11.8. The van der Waals surface area contributed by atoms with Gasteiger partial charge in [-0.25, -0.2) is 4.79 Å². The zero-order valence-electron chi connectivity index (χ0n) is 14.7. The van der Waals surface area contributed by atoms with E-state index in [0.29, 0.717) is 13.2 Å². The summed E-state index contributed by atoms with van der Waals surface area (Å²) in [6.07, 6.45) is 2.02.